The van der Waals surface area contributed by atoms with Gasteiger partial charge in [-0.05, 0) is 37.1 Å². The Morgan fingerprint density at radius 2 is 1.62 bits per heavy atom. The van der Waals surface area contributed by atoms with Crippen LogP contribution in [0.2, 0.25) is 0 Å². The standard InChI is InChI=1S/C22H26N2O5/c1-22(2,15-29-14-17-6-4-3-5-7-17)21(28)24-18-10-8-16(9-11-18)12-19(25)23-13-20(26)27/h3-11H,12-15H2,1-2H3,(H,23,25)(H,24,28)(H,26,27). The van der Waals surface area contributed by atoms with Crippen LogP contribution in [-0.2, 0) is 32.1 Å². The number of hydrogen-bond donors (Lipinski definition) is 3. The second-order valence-corrected chi connectivity index (χ2v) is 7.36. The second kappa shape index (κ2) is 10.4. The summed E-state index contributed by atoms with van der Waals surface area (Å²) in [6.45, 7) is 3.93. The monoisotopic (exact) mass is 398 g/mol. The number of anilines is 1. The normalized spacial score (nSPS) is 11.0. The molecule has 0 aliphatic carbocycles. The fourth-order valence-corrected chi connectivity index (χ4v) is 2.49. The van der Waals surface area contributed by atoms with Crippen LogP contribution in [0.3, 0.4) is 0 Å². The molecule has 0 saturated carbocycles. The van der Waals surface area contributed by atoms with Crippen molar-refractivity contribution in [1.82, 2.24) is 5.32 Å². The van der Waals surface area contributed by atoms with Crippen molar-refractivity contribution in [2.24, 2.45) is 5.41 Å². The van der Waals surface area contributed by atoms with Crippen molar-refractivity contribution in [3.05, 3.63) is 65.7 Å². The number of carboxylic acid groups (broad SMARTS) is 1. The van der Waals surface area contributed by atoms with E-state index < -0.39 is 17.9 Å². The summed E-state index contributed by atoms with van der Waals surface area (Å²) < 4.78 is 5.70. The molecule has 0 aliphatic heterocycles. The fraction of sp³-hybridized carbons (Fsp3) is 0.318. The Bertz CT molecular complexity index is 832. The van der Waals surface area contributed by atoms with Gasteiger partial charge in [0.2, 0.25) is 11.8 Å². The van der Waals surface area contributed by atoms with Crippen LogP contribution in [0.15, 0.2) is 54.6 Å². The summed E-state index contributed by atoms with van der Waals surface area (Å²) in [6.07, 6.45) is 0.0698. The quantitative estimate of drug-likeness (QED) is 0.571. The van der Waals surface area contributed by atoms with Gasteiger partial charge in [0, 0.05) is 5.69 Å². The van der Waals surface area contributed by atoms with E-state index >= 15 is 0 Å². The number of amides is 2. The number of benzene rings is 2. The number of carbonyl (C=O) groups excluding carboxylic acids is 2. The van der Waals surface area contributed by atoms with E-state index in [2.05, 4.69) is 10.6 Å². The van der Waals surface area contributed by atoms with Crippen molar-refractivity contribution in [1.29, 1.82) is 0 Å². The molecule has 0 unspecified atom stereocenters. The molecule has 7 nitrogen and oxygen atoms in total. The summed E-state index contributed by atoms with van der Waals surface area (Å²) in [5, 5.41) is 13.7. The van der Waals surface area contributed by atoms with Crippen molar-refractivity contribution in [3.8, 4) is 0 Å². The molecule has 2 aromatic carbocycles. The Morgan fingerprint density at radius 3 is 2.24 bits per heavy atom. The summed E-state index contributed by atoms with van der Waals surface area (Å²) in [7, 11) is 0. The van der Waals surface area contributed by atoms with Gasteiger partial charge in [-0.3, -0.25) is 14.4 Å². The second-order valence-electron chi connectivity index (χ2n) is 7.36. The van der Waals surface area contributed by atoms with Gasteiger partial charge in [-0.1, -0.05) is 42.5 Å². The number of carbonyl (C=O) groups is 3. The minimum absolute atomic E-state index is 0.0698. The van der Waals surface area contributed by atoms with Gasteiger partial charge in [-0.2, -0.15) is 0 Å². The maximum atomic E-state index is 12.6. The van der Waals surface area contributed by atoms with E-state index in [0.29, 0.717) is 12.3 Å². The lowest BCUT2D eigenvalue weighted by atomic mass is 9.93. The number of nitrogens with one attached hydrogen (secondary N) is 2. The van der Waals surface area contributed by atoms with Crippen molar-refractivity contribution < 1.29 is 24.2 Å². The van der Waals surface area contributed by atoms with Crippen molar-refractivity contribution >= 4 is 23.5 Å². The first-order valence-corrected chi connectivity index (χ1v) is 9.27. The van der Waals surface area contributed by atoms with Gasteiger partial charge in [-0.15, -0.1) is 0 Å². The molecule has 0 bridgehead atoms. The minimum atomic E-state index is -1.09. The van der Waals surface area contributed by atoms with Crippen molar-refractivity contribution in [2.45, 2.75) is 26.9 Å². The van der Waals surface area contributed by atoms with Crippen LogP contribution >= 0.6 is 0 Å². The Kier molecular flexibility index (Phi) is 7.91. The maximum absolute atomic E-state index is 12.6. The van der Waals surface area contributed by atoms with Crippen LogP contribution < -0.4 is 10.6 Å². The van der Waals surface area contributed by atoms with Crippen molar-refractivity contribution in [3.63, 3.8) is 0 Å². The summed E-state index contributed by atoms with van der Waals surface area (Å²) in [6, 6.07) is 16.6. The highest BCUT2D eigenvalue weighted by atomic mass is 16.5. The van der Waals surface area contributed by atoms with E-state index in [0.717, 1.165) is 11.1 Å². The third-order valence-corrected chi connectivity index (χ3v) is 4.20. The van der Waals surface area contributed by atoms with Gasteiger partial charge in [0.25, 0.3) is 0 Å². The zero-order valence-electron chi connectivity index (χ0n) is 16.6. The number of ether oxygens (including phenoxy) is 1. The lowest BCUT2D eigenvalue weighted by Gasteiger charge is -2.23. The minimum Gasteiger partial charge on any atom is -0.480 e. The largest absolute Gasteiger partial charge is 0.480 e. The van der Waals surface area contributed by atoms with Crippen LogP contribution in [0.5, 0.6) is 0 Å². The highest BCUT2D eigenvalue weighted by molar-refractivity contribution is 5.95. The zero-order valence-corrected chi connectivity index (χ0v) is 16.6. The summed E-state index contributed by atoms with van der Waals surface area (Å²) in [4.78, 5) is 34.7. The van der Waals surface area contributed by atoms with E-state index in [-0.39, 0.29) is 24.8 Å². The van der Waals surface area contributed by atoms with Gasteiger partial charge in [0.05, 0.1) is 25.0 Å². The molecule has 0 heterocycles. The molecule has 0 spiro atoms. The Balaban J connectivity index is 1.82. The van der Waals surface area contributed by atoms with E-state index in [9.17, 15) is 14.4 Å². The zero-order chi connectivity index (χ0) is 21.3. The molecule has 2 aromatic rings. The molecule has 0 saturated heterocycles. The molecule has 154 valence electrons. The molecule has 2 rings (SSSR count). The molecule has 0 atom stereocenters. The van der Waals surface area contributed by atoms with Crippen LogP contribution in [0.1, 0.15) is 25.0 Å². The first-order chi connectivity index (χ1) is 13.8. The topological polar surface area (TPSA) is 105 Å². The molecule has 7 heteroatoms. The van der Waals surface area contributed by atoms with Crippen molar-refractivity contribution in [2.75, 3.05) is 18.5 Å². The number of aliphatic carboxylic acids is 1. The van der Waals surface area contributed by atoms with Crippen LogP contribution in [0.25, 0.3) is 0 Å². The number of rotatable bonds is 10. The highest BCUT2D eigenvalue weighted by Gasteiger charge is 2.28. The van der Waals surface area contributed by atoms with Gasteiger partial charge in [-0.25, -0.2) is 0 Å². The fourth-order valence-electron chi connectivity index (χ4n) is 2.49. The molecular formula is C22H26N2O5. The van der Waals surface area contributed by atoms with E-state index in [1.165, 1.54) is 0 Å². The van der Waals surface area contributed by atoms with Gasteiger partial charge in [0.15, 0.2) is 0 Å². The molecule has 29 heavy (non-hydrogen) atoms. The third-order valence-electron chi connectivity index (χ3n) is 4.20. The first-order valence-electron chi connectivity index (χ1n) is 9.27. The summed E-state index contributed by atoms with van der Waals surface area (Å²) in [5.74, 6) is -1.63. The summed E-state index contributed by atoms with van der Waals surface area (Å²) >= 11 is 0. The van der Waals surface area contributed by atoms with E-state index in [1.807, 2.05) is 44.2 Å². The molecule has 3 N–H and O–H groups in total. The summed E-state index contributed by atoms with van der Waals surface area (Å²) in [5.41, 5.74) is 1.66. The predicted octanol–water partition coefficient (Wildman–Crippen LogP) is 2.61. The molecular weight excluding hydrogens is 372 g/mol. The van der Waals surface area contributed by atoms with E-state index in [4.69, 9.17) is 9.84 Å². The molecule has 0 aliphatic rings. The number of carboxylic acids is 1. The predicted molar refractivity (Wildman–Crippen MR) is 109 cm³/mol. The highest BCUT2D eigenvalue weighted by Crippen LogP contribution is 2.20. The SMILES string of the molecule is CC(C)(COCc1ccccc1)C(=O)Nc1ccc(CC(=O)NCC(=O)O)cc1. The smallest absolute Gasteiger partial charge is 0.322 e. The molecule has 0 fully saturated rings. The lowest BCUT2D eigenvalue weighted by Crippen LogP contribution is -2.35. The average Bonchev–Trinajstić information content (AvgIpc) is 2.68. The van der Waals surface area contributed by atoms with Crippen LogP contribution in [-0.4, -0.2) is 36.0 Å². The Hall–Kier alpha value is -3.19. The van der Waals surface area contributed by atoms with Gasteiger partial charge in [0.1, 0.15) is 6.54 Å². The Morgan fingerprint density at radius 1 is 0.966 bits per heavy atom. The molecule has 0 aromatic heterocycles. The van der Waals surface area contributed by atoms with Gasteiger partial charge >= 0.3 is 5.97 Å². The third kappa shape index (κ3) is 7.75. The Labute approximate surface area is 170 Å². The first kappa shape index (κ1) is 22.1. The average molecular weight is 398 g/mol. The lowest BCUT2D eigenvalue weighted by molar-refractivity contribution is -0.137. The number of hydrogen-bond acceptors (Lipinski definition) is 4. The molecule has 0 radical (unpaired) electrons. The van der Waals surface area contributed by atoms with Gasteiger partial charge < -0.3 is 20.5 Å². The van der Waals surface area contributed by atoms with E-state index in [1.54, 1.807) is 24.3 Å². The van der Waals surface area contributed by atoms with Crippen LogP contribution in [0, 0.1) is 5.41 Å². The molecule has 2 amide bonds. The maximum Gasteiger partial charge on any atom is 0.322 e. The van der Waals surface area contributed by atoms with Crippen LogP contribution in [0.4, 0.5) is 5.69 Å².